The Bertz CT molecular complexity index is 27.0. The standard InChI is InChI=1S/C5H10/c1-3-5-4-2/h3,5H,4H2,1-2H3/b5-3+/i3+1. The van der Waals surface area contributed by atoms with Gasteiger partial charge in [0.05, 0.1) is 0 Å². The monoisotopic (exact) mass is 71.1 g/mol. The fourth-order valence-electron chi connectivity index (χ4n) is 0.236. The topological polar surface area (TPSA) is 0 Å². The summed E-state index contributed by atoms with van der Waals surface area (Å²) >= 11 is 0. The molecule has 30 valence electrons. The number of hydrogen-bond donors (Lipinski definition) is 0. The average molecular weight is 71.1 g/mol. The lowest BCUT2D eigenvalue weighted by Gasteiger charge is -1.65. The molecule has 0 atom stereocenters. The number of hydrogen-bond acceptors (Lipinski definition) is 0. The van der Waals surface area contributed by atoms with Gasteiger partial charge >= 0.3 is 0 Å². The zero-order valence-electron chi connectivity index (χ0n) is 3.86. The van der Waals surface area contributed by atoms with Gasteiger partial charge in [-0.3, -0.25) is 0 Å². The minimum atomic E-state index is 1.16. The Balaban J connectivity index is 2.62. The fraction of sp³-hybridized carbons (Fsp3) is 0.600. The van der Waals surface area contributed by atoms with Crippen molar-refractivity contribution in [2.24, 2.45) is 0 Å². The van der Waals surface area contributed by atoms with E-state index >= 15 is 0 Å². The third-order valence-corrected chi connectivity index (χ3v) is 0.471. The zero-order chi connectivity index (χ0) is 4.12. The van der Waals surface area contributed by atoms with Gasteiger partial charge in [-0.15, -0.1) is 0 Å². The largest absolute Gasteiger partial charge is 0.0917 e. The molecule has 0 fully saturated rings. The summed E-state index contributed by atoms with van der Waals surface area (Å²) in [6.07, 6.45) is 5.34. The fourth-order valence-corrected chi connectivity index (χ4v) is 0.236. The highest BCUT2D eigenvalue weighted by atomic mass is 13.9. The summed E-state index contributed by atoms with van der Waals surface area (Å²) in [6, 6.07) is 0. The van der Waals surface area contributed by atoms with Gasteiger partial charge in [-0.2, -0.15) is 0 Å². The highest BCUT2D eigenvalue weighted by molar-refractivity contribution is 4.73. The lowest BCUT2D eigenvalue weighted by Crippen LogP contribution is -1.43. The van der Waals surface area contributed by atoms with Gasteiger partial charge < -0.3 is 0 Å². The van der Waals surface area contributed by atoms with Crippen LogP contribution in [0.1, 0.15) is 20.3 Å². The normalized spacial score (nSPS) is 10.0. The summed E-state index contributed by atoms with van der Waals surface area (Å²) < 4.78 is 0. The predicted molar refractivity (Wildman–Crippen MR) is 25.1 cm³/mol. The van der Waals surface area contributed by atoms with E-state index in [4.69, 9.17) is 0 Å². The SMILES string of the molecule is CC/C=[13CH]/C. The van der Waals surface area contributed by atoms with E-state index in [1.165, 1.54) is 0 Å². The second kappa shape index (κ2) is 3.74. The van der Waals surface area contributed by atoms with Gasteiger partial charge in [0.25, 0.3) is 0 Å². The minimum Gasteiger partial charge on any atom is -0.0917 e. The van der Waals surface area contributed by atoms with Crippen LogP contribution in [0.15, 0.2) is 12.2 Å². The molecule has 0 N–H and O–H groups in total. The first kappa shape index (κ1) is 4.74. The first-order valence-corrected chi connectivity index (χ1v) is 2.03. The first-order chi connectivity index (χ1) is 2.41. The van der Waals surface area contributed by atoms with Gasteiger partial charge in [-0.1, -0.05) is 19.1 Å². The Kier molecular flexibility index (Phi) is 3.55. The summed E-state index contributed by atoms with van der Waals surface area (Å²) in [7, 11) is 0. The van der Waals surface area contributed by atoms with Crippen LogP contribution in [0.4, 0.5) is 0 Å². The molecule has 0 saturated heterocycles. The van der Waals surface area contributed by atoms with Crippen molar-refractivity contribution in [2.45, 2.75) is 20.3 Å². The van der Waals surface area contributed by atoms with E-state index < -0.39 is 0 Å². The predicted octanol–water partition coefficient (Wildman–Crippen LogP) is 1.97. The average Bonchev–Trinajstić information content (AvgIpc) is 1.41. The zero-order valence-corrected chi connectivity index (χ0v) is 3.86. The molecule has 5 heavy (non-hydrogen) atoms. The summed E-state index contributed by atoms with van der Waals surface area (Å²) in [5.74, 6) is 0. The van der Waals surface area contributed by atoms with Crippen molar-refractivity contribution in [3.05, 3.63) is 12.2 Å². The second-order valence-electron chi connectivity index (χ2n) is 0.977. The second-order valence-corrected chi connectivity index (χ2v) is 0.977. The molecule has 0 bridgehead atoms. The Morgan fingerprint density at radius 3 is 2.20 bits per heavy atom. The van der Waals surface area contributed by atoms with E-state index in [2.05, 4.69) is 19.1 Å². The summed E-state index contributed by atoms with van der Waals surface area (Å²) in [4.78, 5) is 0. The van der Waals surface area contributed by atoms with Gasteiger partial charge in [0.15, 0.2) is 0 Å². The lowest BCUT2D eigenvalue weighted by atomic mass is 10.5. The Morgan fingerprint density at radius 2 is 2.20 bits per heavy atom. The van der Waals surface area contributed by atoms with E-state index in [9.17, 15) is 0 Å². The van der Waals surface area contributed by atoms with Crippen molar-refractivity contribution in [1.82, 2.24) is 0 Å². The maximum Gasteiger partial charge on any atom is -0.0379 e. The molecule has 0 spiro atoms. The number of rotatable bonds is 1. The van der Waals surface area contributed by atoms with Crippen molar-refractivity contribution in [2.75, 3.05) is 0 Å². The molecule has 0 amide bonds. The molecule has 0 aliphatic rings. The maximum absolute atomic E-state index is 2.12. The van der Waals surface area contributed by atoms with Crippen LogP contribution >= 0.6 is 0 Å². The van der Waals surface area contributed by atoms with Crippen LogP contribution in [0.3, 0.4) is 0 Å². The van der Waals surface area contributed by atoms with E-state index in [-0.39, 0.29) is 0 Å². The van der Waals surface area contributed by atoms with Crippen LogP contribution in [0, 0.1) is 0 Å². The van der Waals surface area contributed by atoms with Crippen molar-refractivity contribution in [3.8, 4) is 0 Å². The Morgan fingerprint density at radius 1 is 1.60 bits per heavy atom. The number of allylic oxidation sites excluding steroid dienone is 2. The van der Waals surface area contributed by atoms with Crippen LogP contribution in [0.5, 0.6) is 0 Å². The molecule has 0 radical (unpaired) electrons. The molecule has 0 saturated carbocycles. The lowest BCUT2D eigenvalue weighted by molar-refractivity contribution is 1.22. The van der Waals surface area contributed by atoms with Gasteiger partial charge in [-0.05, 0) is 13.3 Å². The first-order valence-electron chi connectivity index (χ1n) is 2.03. The van der Waals surface area contributed by atoms with Crippen molar-refractivity contribution < 1.29 is 0 Å². The van der Waals surface area contributed by atoms with Gasteiger partial charge in [0.2, 0.25) is 0 Å². The van der Waals surface area contributed by atoms with E-state index in [0.717, 1.165) is 6.42 Å². The van der Waals surface area contributed by atoms with Gasteiger partial charge in [0.1, 0.15) is 0 Å². The van der Waals surface area contributed by atoms with Gasteiger partial charge in [0, 0.05) is 0 Å². The third-order valence-electron chi connectivity index (χ3n) is 0.471. The highest BCUT2D eigenvalue weighted by Gasteiger charge is 1.52. The minimum absolute atomic E-state index is 1.16. The molecule has 0 aromatic rings. The molecule has 0 heteroatoms. The molecule has 0 aliphatic heterocycles. The molecule has 0 aromatic carbocycles. The third kappa shape index (κ3) is 3.74. The van der Waals surface area contributed by atoms with Gasteiger partial charge in [-0.25, -0.2) is 0 Å². The molecular formula is C5H10. The van der Waals surface area contributed by atoms with Crippen LogP contribution in [-0.4, -0.2) is 0 Å². The van der Waals surface area contributed by atoms with Crippen LogP contribution in [0.2, 0.25) is 0 Å². The van der Waals surface area contributed by atoms with E-state index in [1.807, 2.05) is 6.92 Å². The van der Waals surface area contributed by atoms with Crippen LogP contribution < -0.4 is 0 Å². The van der Waals surface area contributed by atoms with Crippen LogP contribution in [0.25, 0.3) is 0 Å². The maximum atomic E-state index is 2.12. The van der Waals surface area contributed by atoms with Crippen molar-refractivity contribution >= 4 is 0 Å². The molecule has 0 unspecified atom stereocenters. The molecule has 0 nitrogen and oxygen atoms in total. The highest BCUT2D eigenvalue weighted by Crippen LogP contribution is 1.73. The molecule has 0 aromatic heterocycles. The van der Waals surface area contributed by atoms with Crippen molar-refractivity contribution in [1.29, 1.82) is 0 Å². The van der Waals surface area contributed by atoms with Crippen molar-refractivity contribution in [3.63, 3.8) is 0 Å². The molecular weight excluding hydrogens is 61.0 g/mol. The Labute approximate surface area is 33.5 Å². The molecule has 0 rings (SSSR count). The summed E-state index contributed by atoms with van der Waals surface area (Å²) in [5.41, 5.74) is 0. The summed E-state index contributed by atoms with van der Waals surface area (Å²) in [5, 5.41) is 0. The Hall–Kier alpha value is -0.260. The van der Waals surface area contributed by atoms with Crippen LogP contribution in [-0.2, 0) is 0 Å². The molecule has 0 aliphatic carbocycles. The quantitative estimate of drug-likeness (QED) is 0.327. The summed E-state index contributed by atoms with van der Waals surface area (Å²) in [6.45, 7) is 4.16. The smallest absolute Gasteiger partial charge is 0.0379 e. The molecule has 0 heterocycles. The van der Waals surface area contributed by atoms with E-state index in [0.29, 0.717) is 0 Å². The van der Waals surface area contributed by atoms with E-state index in [1.54, 1.807) is 0 Å².